The van der Waals surface area contributed by atoms with Gasteiger partial charge in [0.2, 0.25) is 0 Å². The molecule has 1 saturated heterocycles. The first-order valence-corrected chi connectivity index (χ1v) is 6.12. The van der Waals surface area contributed by atoms with E-state index in [-0.39, 0.29) is 6.61 Å². The Morgan fingerprint density at radius 1 is 1.33 bits per heavy atom. The molecule has 3 N–H and O–H groups in total. The van der Waals surface area contributed by atoms with Crippen molar-refractivity contribution in [2.75, 3.05) is 13.1 Å². The quantitative estimate of drug-likeness (QED) is 0.846. The Morgan fingerprint density at radius 2 is 1.90 bits per heavy atom. The molecule has 1 aliphatic heterocycles. The van der Waals surface area contributed by atoms with Gasteiger partial charge in [0.1, 0.15) is 6.61 Å². The first kappa shape index (κ1) is 15.2. The normalized spacial score (nSPS) is 17.0. The van der Waals surface area contributed by atoms with Crippen LogP contribution in [0.4, 0.5) is 13.6 Å². The van der Waals surface area contributed by atoms with Crippen molar-refractivity contribution in [3.63, 3.8) is 0 Å². The SMILES string of the molecule is NC(=O)C(F)(F)C1(O)CN(C(=O)OCc2ccccc2)C1. The smallest absolute Gasteiger partial charge is 0.410 e. The highest BCUT2D eigenvalue weighted by Gasteiger charge is 2.64. The molecule has 0 saturated carbocycles. The van der Waals surface area contributed by atoms with Crippen LogP contribution in [0.2, 0.25) is 0 Å². The molecule has 21 heavy (non-hydrogen) atoms. The summed E-state index contributed by atoms with van der Waals surface area (Å²) >= 11 is 0. The van der Waals surface area contributed by atoms with Crippen LogP contribution in [0.3, 0.4) is 0 Å². The van der Waals surface area contributed by atoms with E-state index in [0.29, 0.717) is 0 Å². The Bertz CT molecular complexity index is 544. The first-order valence-electron chi connectivity index (χ1n) is 6.12. The number of amides is 2. The van der Waals surface area contributed by atoms with Crippen molar-refractivity contribution in [1.29, 1.82) is 0 Å². The van der Waals surface area contributed by atoms with Crippen LogP contribution in [-0.2, 0) is 16.1 Å². The van der Waals surface area contributed by atoms with Crippen LogP contribution >= 0.6 is 0 Å². The summed E-state index contributed by atoms with van der Waals surface area (Å²) in [7, 11) is 0. The molecular weight excluding hydrogens is 286 g/mol. The maximum atomic E-state index is 13.4. The van der Waals surface area contributed by atoms with Gasteiger partial charge in [-0.2, -0.15) is 8.78 Å². The molecule has 2 rings (SSSR count). The Kier molecular flexibility index (Phi) is 3.82. The van der Waals surface area contributed by atoms with Crippen molar-refractivity contribution in [2.45, 2.75) is 18.1 Å². The zero-order valence-corrected chi connectivity index (χ0v) is 11.0. The van der Waals surface area contributed by atoms with Gasteiger partial charge >= 0.3 is 12.0 Å². The van der Waals surface area contributed by atoms with Gasteiger partial charge in [-0.05, 0) is 5.56 Å². The minimum atomic E-state index is -4.09. The van der Waals surface area contributed by atoms with Gasteiger partial charge in [-0.15, -0.1) is 0 Å². The molecule has 0 spiro atoms. The third-order valence-electron chi connectivity index (χ3n) is 3.26. The third-order valence-corrected chi connectivity index (χ3v) is 3.26. The summed E-state index contributed by atoms with van der Waals surface area (Å²) in [5, 5.41) is 9.61. The van der Waals surface area contributed by atoms with Crippen molar-refractivity contribution < 1.29 is 28.2 Å². The zero-order chi connectivity index (χ0) is 15.7. The van der Waals surface area contributed by atoms with E-state index in [4.69, 9.17) is 4.74 Å². The van der Waals surface area contributed by atoms with E-state index in [1.165, 1.54) is 0 Å². The van der Waals surface area contributed by atoms with E-state index in [0.717, 1.165) is 10.5 Å². The second kappa shape index (κ2) is 5.28. The number of carbonyl (C=O) groups excluding carboxylic acids is 2. The molecule has 8 heteroatoms. The molecular formula is C13H14F2N2O4. The van der Waals surface area contributed by atoms with Crippen LogP contribution in [-0.4, -0.2) is 46.6 Å². The van der Waals surface area contributed by atoms with E-state index in [9.17, 15) is 23.5 Å². The lowest BCUT2D eigenvalue weighted by atomic mass is 9.87. The molecule has 1 aliphatic rings. The molecule has 2 amide bonds. The minimum absolute atomic E-state index is 0.0131. The number of alkyl halides is 2. The maximum absolute atomic E-state index is 13.4. The number of rotatable bonds is 4. The van der Waals surface area contributed by atoms with Gasteiger partial charge in [-0.25, -0.2) is 4.79 Å². The number of carbonyl (C=O) groups is 2. The Hall–Kier alpha value is -2.22. The zero-order valence-electron chi connectivity index (χ0n) is 11.0. The number of aliphatic hydroxyl groups is 1. The number of primary amides is 1. The molecule has 1 fully saturated rings. The van der Waals surface area contributed by atoms with Gasteiger partial charge in [0.05, 0.1) is 13.1 Å². The van der Waals surface area contributed by atoms with Gasteiger partial charge in [-0.3, -0.25) is 4.79 Å². The van der Waals surface area contributed by atoms with Crippen LogP contribution < -0.4 is 5.73 Å². The van der Waals surface area contributed by atoms with E-state index >= 15 is 0 Å². The molecule has 0 atom stereocenters. The van der Waals surface area contributed by atoms with Crippen molar-refractivity contribution in [3.8, 4) is 0 Å². The Morgan fingerprint density at radius 3 is 2.43 bits per heavy atom. The summed E-state index contributed by atoms with van der Waals surface area (Å²) in [5.74, 6) is -6.02. The molecule has 0 unspecified atom stereocenters. The fourth-order valence-corrected chi connectivity index (χ4v) is 1.95. The van der Waals surface area contributed by atoms with Crippen molar-refractivity contribution in [2.24, 2.45) is 5.73 Å². The van der Waals surface area contributed by atoms with Crippen LogP contribution in [0.25, 0.3) is 0 Å². The topological polar surface area (TPSA) is 92.9 Å². The largest absolute Gasteiger partial charge is 0.445 e. The first-order chi connectivity index (χ1) is 9.76. The van der Waals surface area contributed by atoms with Crippen LogP contribution in [0.1, 0.15) is 5.56 Å². The highest BCUT2D eigenvalue weighted by molar-refractivity contribution is 5.84. The van der Waals surface area contributed by atoms with Crippen LogP contribution in [0.5, 0.6) is 0 Å². The average molecular weight is 300 g/mol. The molecule has 1 heterocycles. The number of likely N-dealkylation sites (tertiary alicyclic amines) is 1. The monoisotopic (exact) mass is 300 g/mol. The molecule has 0 bridgehead atoms. The molecule has 0 radical (unpaired) electrons. The number of nitrogens with two attached hydrogens (primary N) is 1. The maximum Gasteiger partial charge on any atom is 0.410 e. The van der Waals surface area contributed by atoms with Gasteiger partial charge < -0.3 is 20.5 Å². The second-order valence-electron chi connectivity index (χ2n) is 4.87. The number of hydrogen-bond acceptors (Lipinski definition) is 4. The Balaban J connectivity index is 1.87. The average Bonchev–Trinajstić information content (AvgIpc) is 2.42. The van der Waals surface area contributed by atoms with E-state index in [2.05, 4.69) is 5.73 Å². The predicted octanol–water partition coefficient (Wildman–Crippen LogP) is 0.490. The summed E-state index contributed by atoms with van der Waals surface area (Å²) in [6.45, 7) is -1.44. The molecule has 1 aromatic carbocycles. The summed E-state index contributed by atoms with van der Waals surface area (Å²) in [4.78, 5) is 23.1. The highest BCUT2D eigenvalue weighted by atomic mass is 19.3. The van der Waals surface area contributed by atoms with E-state index in [1.807, 2.05) is 0 Å². The lowest BCUT2D eigenvalue weighted by Gasteiger charge is -2.47. The number of β-amino-alcohol motifs (C(OH)–C–C–N with tert-alkyl or cyclic N) is 1. The van der Waals surface area contributed by atoms with Gasteiger partial charge in [-0.1, -0.05) is 30.3 Å². The fraction of sp³-hybridized carbons (Fsp3) is 0.385. The number of hydrogen-bond donors (Lipinski definition) is 2. The van der Waals surface area contributed by atoms with Crippen molar-refractivity contribution >= 4 is 12.0 Å². The molecule has 0 aromatic heterocycles. The standard InChI is InChI=1S/C13H14F2N2O4/c14-13(15,10(16)18)12(20)7-17(8-12)11(19)21-6-9-4-2-1-3-5-9/h1-5,20H,6-8H2,(H2,16,18). The fourth-order valence-electron chi connectivity index (χ4n) is 1.95. The lowest BCUT2D eigenvalue weighted by Crippen LogP contribution is -2.74. The Labute approximate surface area is 119 Å². The highest BCUT2D eigenvalue weighted by Crippen LogP contribution is 2.36. The molecule has 1 aromatic rings. The summed E-state index contributed by atoms with van der Waals surface area (Å²) in [6, 6.07) is 8.80. The number of nitrogens with zero attached hydrogens (tertiary/aromatic N) is 1. The molecule has 114 valence electrons. The minimum Gasteiger partial charge on any atom is -0.445 e. The predicted molar refractivity (Wildman–Crippen MR) is 67.3 cm³/mol. The van der Waals surface area contributed by atoms with Gasteiger partial charge in [0, 0.05) is 0 Å². The lowest BCUT2D eigenvalue weighted by molar-refractivity contribution is -0.227. The second-order valence-corrected chi connectivity index (χ2v) is 4.87. The van der Waals surface area contributed by atoms with Gasteiger partial charge in [0.25, 0.3) is 5.91 Å². The van der Waals surface area contributed by atoms with Crippen LogP contribution in [0, 0.1) is 0 Å². The van der Waals surface area contributed by atoms with Crippen LogP contribution in [0.15, 0.2) is 30.3 Å². The number of ether oxygens (including phenoxy) is 1. The summed E-state index contributed by atoms with van der Waals surface area (Å²) < 4.78 is 31.6. The number of benzene rings is 1. The van der Waals surface area contributed by atoms with E-state index < -0.39 is 36.6 Å². The number of halogens is 2. The molecule has 0 aliphatic carbocycles. The third kappa shape index (κ3) is 2.80. The van der Waals surface area contributed by atoms with Crippen molar-refractivity contribution in [3.05, 3.63) is 35.9 Å². The van der Waals surface area contributed by atoms with Crippen molar-refractivity contribution in [1.82, 2.24) is 4.90 Å². The summed E-state index contributed by atoms with van der Waals surface area (Å²) in [6.07, 6.45) is -0.844. The van der Waals surface area contributed by atoms with Gasteiger partial charge in [0.15, 0.2) is 5.60 Å². The summed E-state index contributed by atoms with van der Waals surface area (Å²) in [5.41, 5.74) is 2.64. The molecule has 6 nitrogen and oxygen atoms in total. The van der Waals surface area contributed by atoms with E-state index in [1.54, 1.807) is 30.3 Å².